The van der Waals surface area contributed by atoms with E-state index >= 15 is 0 Å². The van der Waals surface area contributed by atoms with Crippen molar-refractivity contribution >= 4 is 51.8 Å². The number of nitrogens with one attached hydrogen (secondary N) is 2. The summed E-state index contributed by atoms with van der Waals surface area (Å²) in [6, 6.07) is 20.5. The first kappa shape index (κ1) is 27.7. The molecule has 0 aliphatic carbocycles. The number of thioether (sulfide) groups is 1. The molecule has 6 rings (SSSR count). The van der Waals surface area contributed by atoms with Crippen LogP contribution in [0.5, 0.6) is 0 Å². The van der Waals surface area contributed by atoms with Crippen LogP contribution in [0.3, 0.4) is 0 Å². The topological polar surface area (TPSA) is 99.7 Å². The molecule has 0 saturated carbocycles. The Morgan fingerprint density at radius 2 is 1.62 bits per heavy atom. The van der Waals surface area contributed by atoms with Crippen LogP contribution in [0, 0.1) is 0 Å². The van der Waals surface area contributed by atoms with Gasteiger partial charge in [0, 0.05) is 66.7 Å². The Labute approximate surface area is 249 Å². The van der Waals surface area contributed by atoms with Crippen molar-refractivity contribution in [2.24, 2.45) is 0 Å². The number of fused-ring (bicyclic) bond motifs is 1. The Morgan fingerprint density at radius 3 is 2.26 bits per heavy atom. The number of benzene rings is 3. The molecule has 3 amide bonds. The number of allylic oxidation sites excluding steroid dienone is 1. The molecule has 4 aromatic rings. The molecule has 214 valence electrons. The quantitative estimate of drug-likeness (QED) is 0.296. The van der Waals surface area contributed by atoms with Crippen molar-refractivity contribution in [1.82, 2.24) is 14.9 Å². The molecule has 2 aliphatic rings. The molecule has 0 bridgehead atoms. The minimum atomic E-state index is -0.377. The van der Waals surface area contributed by atoms with Crippen molar-refractivity contribution < 1.29 is 14.3 Å². The minimum Gasteiger partial charge on any atom is -0.378 e. The summed E-state index contributed by atoms with van der Waals surface area (Å²) in [5.74, 6) is 2.90. The third-order valence-electron chi connectivity index (χ3n) is 7.32. The van der Waals surface area contributed by atoms with Gasteiger partial charge in [0.15, 0.2) is 5.82 Å². The van der Waals surface area contributed by atoms with Gasteiger partial charge in [-0.3, -0.25) is 4.79 Å². The SMILES string of the molecule is CN(C)C(=O)c1ccc(NC(=O)Nc2ccc(-c3nc(N4CCOCC4)c4ccc(C5C=CSC5)cc4n3)cc2)cc1. The molecule has 3 heterocycles. The van der Waals surface area contributed by atoms with Crippen molar-refractivity contribution in [3.63, 3.8) is 0 Å². The van der Waals surface area contributed by atoms with E-state index in [2.05, 4.69) is 45.2 Å². The molecule has 0 spiro atoms. The average molecular weight is 581 g/mol. The van der Waals surface area contributed by atoms with Gasteiger partial charge in [-0.15, -0.1) is 11.8 Å². The Hall–Kier alpha value is -4.41. The summed E-state index contributed by atoms with van der Waals surface area (Å²) in [5, 5.41) is 8.86. The fraction of sp³-hybridized carbons (Fsp3) is 0.250. The van der Waals surface area contributed by atoms with Gasteiger partial charge in [-0.2, -0.15) is 0 Å². The largest absolute Gasteiger partial charge is 0.378 e. The molecule has 9 nitrogen and oxygen atoms in total. The van der Waals surface area contributed by atoms with Crippen LogP contribution in [0.2, 0.25) is 0 Å². The summed E-state index contributed by atoms with van der Waals surface area (Å²) < 4.78 is 5.59. The van der Waals surface area contributed by atoms with Gasteiger partial charge in [0.2, 0.25) is 0 Å². The molecular weight excluding hydrogens is 548 g/mol. The molecule has 3 aromatic carbocycles. The summed E-state index contributed by atoms with van der Waals surface area (Å²) in [4.78, 5) is 38.5. The number of aromatic nitrogens is 2. The lowest BCUT2D eigenvalue weighted by atomic mass is 9.99. The van der Waals surface area contributed by atoms with E-state index < -0.39 is 0 Å². The standard InChI is InChI=1S/C32H32N6O3S/c1-37(2)31(39)22-5-10-26(11-6-22)34-32(40)33-25-8-3-21(4-9-25)29-35-28-19-23(24-13-18-42-20-24)7-12-27(28)30(36-29)38-14-16-41-17-15-38/h3-13,18-19,24H,14-17,20H2,1-2H3,(H2,33,34,40). The number of morpholine rings is 1. The van der Waals surface area contributed by atoms with Gasteiger partial charge in [-0.25, -0.2) is 14.8 Å². The van der Waals surface area contributed by atoms with E-state index in [1.807, 2.05) is 36.0 Å². The van der Waals surface area contributed by atoms with Crippen molar-refractivity contribution in [3.8, 4) is 11.4 Å². The fourth-order valence-electron chi connectivity index (χ4n) is 5.03. The van der Waals surface area contributed by atoms with Crippen LogP contribution in [0.4, 0.5) is 22.0 Å². The Balaban J connectivity index is 1.21. The highest BCUT2D eigenvalue weighted by molar-refractivity contribution is 8.02. The normalized spacial score (nSPS) is 16.4. The zero-order chi connectivity index (χ0) is 29.1. The van der Waals surface area contributed by atoms with E-state index in [4.69, 9.17) is 14.7 Å². The van der Waals surface area contributed by atoms with Crippen LogP contribution in [-0.4, -0.2) is 73.0 Å². The molecule has 1 saturated heterocycles. The maximum Gasteiger partial charge on any atom is 0.323 e. The van der Waals surface area contributed by atoms with E-state index in [0.717, 1.165) is 41.1 Å². The van der Waals surface area contributed by atoms with Crippen molar-refractivity contribution in [3.05, 3.63) is 89.3 Å². The molecule has 2 aliphatic heterocycles. The number of rotatable bonds is 6. The summed E-state index contributed by atoms with van der Waals surface area (Å²) in [6.45, 7) is 2.90. The van der Waals surface area contributed by atoms with Gasteiger partial charge >= 0.3 is 6.03 Å². The van der Waals surface area contributed by atoms with Crippen LogP contribution < -0.4 is 15.5 Å². The molecule has 10 heteroatoms. The van der Waals surface area contributed by atoms with Crippen LogP contribution in [0.25, 0.3) is 22.3 Å². The van der Waals surface area contributed by atoms with Crippen LogP contribution in [0.1, 0.15) is 21.8 Å². The van der Waals surface area contributed by atoms with E-state index in [9.17, 15) is 9.59 Å². The highest BCUT2D eigenvalue weighted by Gasteiger charge is 2.20. The van der Waals surface area contributed by atoms with Crippen molar-refractivity contribution in [2.75, 3.05) is 61.7 Å². The monoisotopic (exact) mass is 580 g/mol. The first-order valence-corrected chi connectivity index (χ1v) is 14.9. The van der Waals surface area contributed by atoms with Gasteiger partial charge < -0.3 is 25.2 Å². The summed E-state index contributed by atoms with van der Waals surface area (Å²) in [7, 11) is 3.40. The first-order chi connectivity index (χ1) is 20.4. The average Bonchev–Trinajstić information content (AvgIpc) is 3.56. The smallest absolute Gasteiger partial charge is 0.323 e. The number of nitrogens with zero attached hydrogens (tertiary/aromatic N) is 4. The predicted molar refractivity (Wildman–Crippen MR) is 169 cm³/mol. The zero-order valence-corrected chi connectivity index (χ0v) is 24.4. The Bertz CT molecular complexity index is 1630. The van der Waals surface area contributed by atoms with Crippen molar-refractivity contribution in [2.45, 2.75) is 5.92 Å². The van der Waals surface area contributed by atoms with E-state index in [1.54, 1.807) is 38.4 Å². The van der Waals surface area contributed by atoms with Gasteiger partial charge in [-0.05, 0) is 71.6 Å². The van der Waals surface area contributed by atoms with E-state index in [-0.39, 0.29) is 11.9 Å². The minimum absolute atomic E-state index is 0.0935. The fourth-order valence-corrected chi connectivity index (χ4v) is 5.95. The lowest BCUT2D eigenvalue weighted by molar-refractivity contribution is 0.0827. The zero-order valence-electron chi connectivity index (χ0n) is 23.5. The number of urea groups is 1. The molecule has 1 fully saturated rings. The number of anilines is 3. The number of amides is 3. The third-order valence-corrected chi connectivity index (χ3v) is 8.22. The second-order valence-corrected chi connectivity index (χ2v) is 11.4. The van der Waals surface area contributed by atoms with Crippen LogP contribution in [0.15, 0.2) is 78.2 Å². The summed E-state index contributed by atoms with van der Waals surface area (Å²) in [6.07, 6.45) is 2.25. The number of carbonyl (C=O) groups is 2. The summed E-state index contributed by atoms with van der Waals surface area (Å²) >= 11 is 1.83. The van der Waals surface area contributed by atoms with Crippen molar-refractivity contribution in [1.29, 1.82) is 0 Å². The first-order valence-electron chi connectivity index (χ1n) is 13.9. The molecular formula is C32H32N6O3S. The number of ether oxygens (including phenoxy) is 1. The highest BCUT2D eigenvalue weighted by Crippen LogP contribution is 2.34. The maximum atomic E-state index is 12.6. The maximum absolute atomic E-state index is 12.6. The number of carbonyl (C=O) groups excluding carboxylic acids is 2. The molecule has 0 radical (unpaired) electrons. The molecule has 42 heavy (non-hydrogen) atoms. The van der Waals surface area contributed by atoms with Crippen LogP contribution >= 0.6 is 11.8 Å². The second kappa shape index (κ2) is 12.2. The molecule has 1 atom stereocenters. The lowest BCUT2D eigenvalue weighted by Gasteiger charge is -2.29. The molecule has 1 aromatic heterocycles. The van der Waals surface area contributed by atoms with Gasteiger partial charge in [0.25, 0.3) is 5.91 Å². The summed E-state index contributed by atoms with van der Waals surface area (Å²) in [5.41, 5.74) is 4.82. The third kappa shape index (κ3) is 6.09. The van der Waals surface area contributed by atoms with Gasteiger partial charge in [0.05, 0.1) is 18.7 Å². The van der Waals surface area contributed by atoms with Gasteiger partial charge in [0.1, 0.15) is 5.82 Å². The number of hydrogen-bond donors (Lipinski definition) is 2. The van der Waals surface area contributed by atoms with E-state index in [0.29, 0.717) is 41.9 Å². The lowest BCUT2D eigenvalue weighted by Crippen LogP contribution is -2.37. The van der Waals surface area contributed by atoms with Crippen LogP contribution in [-0.2, 0) is 4.74 Å². The Morgan fingerprint density at radius 1 is 0.929 bits per heavy atom. The van der Waals surface area contributed by atoms with E-state index in [1.165, 1.54) is 10.5 Å². The Kier molecular flexibility index (Phi) is 8.07. The highest BCUT2D eigenvalue weighted by atomic mass is 32.2. The molecule has 1 unspecified atom stereocenters. The number of hydrogen-bond acceptors (Lipinski definition) is 7. The predicted octanol–water partition coefficient (Wildman–Crippen LogP) is 5.82. The molecule has 2 N–H and O–H groups in total. The van der Waals surface area contributed by atoms with Gasteiger partial charge in [-0.1, -0.05) is 12.1 Å². The second-order valence-electron chi connectivity index (χ2n) is 10.4.